The van der Waals surface area contributed by atoms with Crippen molar-refractivity contribution in [2.24, 2.45) is 5.92 Å². The summed E-state index contributed by atoms with van der Waals surface area (Å²) in [6.07, 6.45) is 9.23. The molecular formula is C31H35FO4. The summed E-state index contributed by atoms with van der Waals surface area (Å²) in [5.74, 6) is 2.41. The molecule has 3 aromatic rings. The number of carbonyl (C=O) groups excluding carboxylic acids is 1. The fourth-order valence-corrected chi connectivity index (χ4v) is 5.05. The van der Waals surface area contributed by atoms with Crippen LogP contribution in [-0.2, 0) is 0 Å². The van der Waals surface area contributed by atoms with Gasteiger partial charge in [0.2, 0.25) is 0 Å². The van der Waals surface area contributed by atoms with Crippen LogP contribution in [0.15, 0.2) is 66.7 Å². The summed E-state index contributed by atoms with van der Waals surface area (Å²) in [5, 5.41) is 0. The van der Waals surface area contributed by atoms with Crippen molar-refractivity contribution >= 4 is 6.16 Å². The van der Waals surface area contributed by atoms with Crippen LogP contribution in [0.5, 0.6) is 17.2 Å². The largest absolute Gasteiger partial charge is 0.519 e. The highest BCUT2D eigenvalue weighted by Gasteiger charge is 2.23. The molecule has 190 valence electrons. The van der Waals surface area contributed by atoms with E-state index in [1.807, 2.05) is 6.07 Å². The fraction of sp³-hybridized carbons (Fsp3) is 0.387. The highest BCUT2D eigenvalue weighted by Crippen LogP contribution is 2.39. The molecule has 0 radical (unpaired) electrons. The molecule has 0 aromatic heterocycles. The van der Waals surface area contributed by atoms with Gasteiger partial charge in [-0.2, -0.15) is 0 Å². The van der Waals surface area contributed by atoms with E-state index in [9.17, 15) is 4.79 Å². The fourth-order valence-electron chi connectivity index (χ4n) is 5.05. The Morgan fingerprint density at radius 3 is 2.03 bits per heavy atom. The summed E-state index contributed by atoms with van der Waals surface area (Å²) in [7, 11) is 1.56. The summed E-state index contributed by atoms with van der Waals surface area (Å²) in [5.41, 5.74) is 2.37. The molecule has 4 nitrogen and oxygen atoms in total. The third kappa shape index (κ3) is 6.87. The Kier molecular flexibility index (Phi) is 8.99. The van der Waals surface area contributed by atoms with E-state index in [-0.39, 0.29) is 5.82 Å². The first kappa shape index (κ1) is 25.7. The van der Waals surface area contributed by atoms with Crippen LogP contribution < -0.4 is 14.2 Å². The maximum absolute atomic E-state index is 15.1. The smallest absolute Gasteiger partial charge is 0.497 e. The van der Waals surface area contributed by atoms with Crippen molar-refractivity contribution in [1.82, 2.24) is 0 Å². The molecule has 0 aliphatic heterocycles. The molecule has 0 unspecified atom stereocenters. The number of carbonyl (C=O) groups is 1. The zero-order valence-corrected chi connectivity index (χ0v) is 21.2. The van der Waals surface area contributed by atoms with E-state index < -0.39 is 6.16 Å². The first-order valence-electron chi connectivity index (χ1n) is 13.0. The molecule has 0 saturated heterocycles. The number of rotatable bonds is 9. The molecule has 1 aliphatic rings. The van der Waals surface area contributed by atoms with Gasteiger partial charge in [-0.25, -0.2) is 9.18 Å². The average molecular weight is 491 g/mol. The summed E-state index contributed by atoms with van der Waals surface area (Å²) >= 11 is 0. The maximum Gasteiger partial charge on any atom is 0.519 e. The Hall–Kier alpha value is -3.34. The van der Waals surface area contributed by atoms with Gasteiger partial charge in [-0.15, -0.1) is 0 Å². The van der Waals surface area contributed by atoms with Gasteiger partial charge in [0.15, 0.2) is 0 Å². The third-order valence-electron chi connectivity index (χ3n) is 7.15. The highest BCUT2D eigenvalue weighted by atomic mass is 19.1. The molecule has 1 saturated carbocycles. The van der Waals surface area contributed by atoms with Crippen molar-refractivity contribution in [3.63, 3.8) is 0 Å². The summed E-state index contributed by atoms with van der Waals surface area (Å²) in [4.78, 5) is 12.1. The lowest BCUT2D eigenvalue weighted by Crippen LogP contribution is -2.13. The minimum Gasteiger partial charge on any atom is -0.497 e. The van der Waals surface area contributed by atoms with Crippen molar-refractivity contribution in [2.45, 2.75) is 64.2 Å². The molecule has 1 aliphatic carbocycles. The van der Waals surface area contributed by atoms with Gasteiger partial charge in [-0.1, -0.05) is 56.9 Å². The van der Waals surface area contributed by atoms with Gasteiger partial charge in [0.1, 0.15) is 23.1 Å². The Morgan fingerprint density at radius 1 is 0.833 bits per heavy atom. The van der Waals surface area contributed by atoms with Crippen molar-refractivity contribution in [3.05, 3.63) is 78.1 Å². The van der Waals surface area contributed by atoms with Crippen LogP contribution in [0.4, 0.5) is 9.18 Å². The van der Waals surface area contributed by atoms with Gasteiger partial charge in [0.25, 0.3) is 0 Å². The summed E-state index contributed by atoms with van der Waals surface area (Å²) in [6, 6.07) is 19.0. The number of unbranched alkanes of at least 4 members (excludes halogenated alkanes) is 2. The zero-order valence-electron chi connectivity index (χ0n) is 21.2. The first-order valence-corrected chi connectivity index (χ1v) is 13.0. The van der Waals surface area contributed by atoms with Crippen LogP contribution in [0.25, 0.3) is 11.1 Å². The molecule has 3 aromatic carbocycles. The van der Waals surface area contributed by atoms with E-state index in [1.54, 1.807) is 61.7 Å². The molecule has 0 heterocycles. The molecule has 1 fully saturated rings. The van der Waals surface area contributed by atoms with E-state index in [4.69, 9.17) is 14.2 Å². The number of benzene rings is 3. The van der Waals surface area contributed by atoms with E-state index in [0.717, 1.165) is 29.9 Å². The quantitative estimate of drug-likeness (QED) is 0.171. The maximum atomic E-state index is 15.1. The van der Waals surface area contributed by atoms with Crippen molar-refractivity contribution in [3.8, 4) is 28.4 Å². The number of halogens is 1. The second kappa shape index (κ2) is 12.6. The summed E-state index contributed by atoms with van der Waals surface area (Å²) < 4.78 is 30.6. The summed E-state index contributed by atoms with van der Waals surface area (Å²) in [6.45, 7) is 2.25. The highest BCUT2D eigenvalue weighted by molar-refractivity contribution is 5.69. The van der Waals surface area contributed by atoms with Gasteiger partial charge < -0.3 is 14.2 Å². The Bertz CT molecular complexity index is 1120. The van der Waals surface area contributed by atoms with E-state index in [2.05, 4.69) is 13.0 Å². The predicted molar refractivity (Wildman–Crippen MR) is 140 cm³/mol. The van der Waals surface area contributed by atoms with Gasteiger partial charge in [0.05, 0.1) is 7.11 Å². The second-order valence-corrected chi connectivity index (χ2v) is 9.61. The van der Waals surface area contributed by atoms with E-state index >= 15 is 4.39 Å². The topological polar surface area (TPSA) is 44.8 Å². The number of methoxy groups -OCH3 is 1. The Balaban J connectivity index is 1.32. The minimum atomic E-state index is -0.844. The zero-order chi connectivity index (χ0) is 25.3. The monoisotopic (exact) mass is 490 g/mol. The average Bonchev–Trinajstić information content (AvgIpc) is 2.90. The van der Waals surface area contributed by atoms with E-state index in [1.165, 1.54) is 38.5 Å². The van der Waals surface area contributed by atoms with Gasteiger partial charge in [-0.3, -0.25) is 0 Å². The predicted octanol–water partition coefficient (Wildman–Crippen LogP) is 8.93. The van der Waals surface area contributed by atoms with Crippen LogP contribution in [0.2, 0.25) is 0 Å². The molecule has 0 atom stereocenters. The molecule has 0 bridgehead atoms. The van der Waals surface area contributed by atoms with Gasteiger partial charge in [-0.05, 0) is 91.1 Å². The lowest BCUT2D eigenvalue weighted by atomic mass is 9.77. The normalized spacial score (nSPS) is 17.4. The van der Waals surface area contributed by atoms with Crippen LogP contribution >= 0.6 is 0 Å². The third-order valence-corrected chi connectivity index (χ3v) is 7.15. The van der Waals surface area contributed by atoms with Crippen LogP contribution in [-0.4, -0.2) is 13.3 Å². The molecule has 36 heavy (non-hydrogen) atoms. The second-order valence-electron chi connectivity index (χ2n) is 9.61. The van der Waals surface area contributed by atoms with Crippen molar-refractivity contribution in [2.75, 3.05) is 7.11 Å². The molecule has 5 heteroatoms. The van der Waals surface area contributed by atoms with Gasteiger partial charge >= 0.3 is 6.16 Å². The minimum absolute atomic E-state index is 0.217. The van der Waals surface area contributed by atoms with Crippen molar-refractivity contribution < 1.29 is 23.4 Å². The molecule has 0 spiro atoms. The lowest BCUT2D eigenvalue weighted by Gasteiger charge is -2.29. The lowest BCUT2D eigenvalue weighted by molar-refractivity contribution is 0.152. The molecule has 0 amide bonds. The number of hydrogen-bond acceptors (Lipinski definition) is 4. The molecule has 0 N–H and O–H groups in total. The molecule has 4 rings (SSSR count). The number of hydrogen-bond donors (Lipinski definition) is 0. The van der Waals surface area contributed by atoms with Crippen LogP contribution in [0.1, 0.15) is 69.8 Å². The van der Waals surface area contributed by atoms with Crippen LogP contribution in [0.3, 0.4) is 0 Å². The van der Waals surface area contributed by atoms with Crippen LogP contribution in [0, 0.1) is 11.7 Å². The van der Waals surface area contributed by atoms with Crippen molar-refractivity contribution in [1.29, 1.82) is 0 Å². The Morgan fingerprint density at radius 2 is 1.44 bits per heavy atom. The van der Waals surface area contributed by atoms with E-state index in [0.29, 0.717) is 28.7 Å². The first-order chi connectivity index (χ1) is 17.6. The SMILES string of the molecule is CCCCC[C@H]1CC[C@H](c2ccc(-c3ccc(OC(=O)Oc4ccc(OC)cc4)cc3)c(F)c2)CC1. The Labute approximate surface area is 213 Å². The number of ether oxygens (including phenoxy) is 3. The van der Waals surface area contributed by atoms with Gasteiger partial charge in [0, 0.05) is 5.56 Å². The molecular weight excluding hydrogens is 455 g/mol. The standard InChI is InChI=1S/C31H35FO4/c1-3-4-5-6-22-7-9-23(10-8-22)25-13-20-29(30(32)21-25)24-11-14-27(15-12-24)35-31(33)36-28-18-16-26(34-2)17-19-28/h11-23H,3-10H2,1-2H3/t22-,23-.